The van der Waals surface area contributed by atoms with Crippen LogP contribution in [0, 0.1) is 5.92 Å². The number of imide groups is 1. The molecule has 1 atom stereocenters. The smallest absolute Gasteiger partial charge is 0.236 e. The van der Waals surface area contributed by atoms with Crippen molar-refractivity contribution in [2.75, 3.05) is 30.8 Å². The number of hydrogen-bond acceptors (Lipinski definition) is 5. The molecule has 1 fully saturated rings. The molecule has 6 heteroatoms. The van der Waals surface area contributed by atoms with Gasteiger partial charge in [0, 0.05) is 25.8 Å². The summed E-state index contributed by atoms with van der Waals surface area (Å²) < 4.78 is 0. The van der Waals surface area contributed by atoms with Gasteiger partial charge in [-0.05, 0) is 67.8 Å². The van der Waals surface area contributed by atoms with Crippen LogP contribution >= 0.6 is 12.6 Å². The van der Waals surface area contributed by atoms with E-state index in [0.717, 1.165) is 30.6 Å². The monoisotopic (exact) mass is 413 g/mol. The van der Waals surface area contributed by atoms with Gasteiger partial charge >= 0.3 is 0 Å². The number of thiol groups is 1. The van der Waals surface area contributed by atoms with Gasteiger partial charge in [-0.15, -0.1) is 0 Å². The first-order valence-corrected chi connectivity index (χ1v) is 10.6. The molecule has 2 rings (SSSR count). The summed E-state index contributed by atoms with van der Waals surface area (Å²) in [6.07, 6.45) is 9.95. The van der Waals surface area contributed by atoms with Crippen LogP contribution in [0.2, 0.25) is 0 Å². The van der Waals surface area contributed by atoms with Gasteiger partial charge in [-0.2, -0.15) is 12.6 Å². The number of allylic oxidation sites excluding steroid dienone is 4. The molecule has 0 radical (unpaired) electrons. The summed E-state index contributed by atoms with van der Waals surface area (Å²) in [6.45, 7) is 5.67. The third-order valence-corrected chi connectivity index (χ3v) is 5.32. The Hall–Kier alpha value is -2.47. The maximum absolute atomic E-state index is 12.3. The molecule has 2 N–H and O–H groups in total. The first-order valence-electron chi connectivity index (χ1n) is 9.96. The molecule has 2 amide bonds. The standard InChI is InChI=1S/C23H31N3O2S/c1-4-19(11-12-24-3)17(2)14-18-7-9-21(10-8-18)26-13-5-6-20(15-26)23(28)25-22(27)16-29/h4,7-12,14,20,24,29H,5-6,13,15-16H2,1-3H3,(H,25,27,28)/b12-11-,17-14+,19-4+. The van der Waals surface area contributed by atoms with E-state index in [4.69, 9.17) is 0 Å². The zero-order valence-corrected chi connectivity index (χ0v) is 18.3. The number of piperidine rings is 1. The van der Waals surface area contributed by atoms with Crippen molar-refractivity contribution < 1.29 is 9.59 Å². The van der Waals surface area contributed by atoms with Crippen molar-refractivity contribution in [3.8, 4) is 0 Å². The number of hydrogen-bond donors (Lipinski definition) is 3. The summed E-state index contributed by atoms with van der Waals surface area (Å²) in [5.74, 6) is -0.689. The quantitative estimate of drug-likeness (QED) is 0.473. The fourth-order valence-electron chi connectivity index (χ4n) is 3.45. The highest BCUT2D eigenvalue weighted by Crippen LogP contribution is 2.25. The van der Waals surface area contributed by atoms with E-state index in [1.807, 2.05) is 20.2 Å². The second-order valence-electron chi connectivity index (χ2n) is 7.14. The van der Waals surface area contributed by atoms with E-state index in [2.05, 4.69) is 77.6 Å². The Bertz CT molecular complexity index is 797. The van der Waals surface area contributed by atoms with E-state index in [1.165, 1.54) is 11.1 Å². The molecule has 156 valence electrons. The van der Waals surface area contributed by atoms with E-state index in [-0.39, 0.29) is 23.5 Å². The molecular formula is C23H31N3O2S. The van der Waals surface area contributed by atoms with Crippen molar-refractivity contribution in [1.82, 2.24) is 10.6 Å². The molecule has 1 unspecified atom stereocenters. The lowest BCUT2D eigenvalue weighted by atomic mass is 9.96. The van der Waals surface area contributed by atoms with Crippen molar-refractivity contribution in [2.24, 2.45) is 5.92 Å². The third-order valence-electron chi connectivity index (χ3n) is 5.04. The minimum Gasteiger partial charge on any atom is -0.394 e. The van der Waals surface area contributed by atoms with Crippen LogP contribution in [-0.2, 0) is 9.59 Å². The van der Waals surface area contributed by atoms with Gasteiger partial charge < -0.3 is 10.2 Å². The van der Waals surface area contributed by atoms with Gasteiger partial charge in [0.1, 0.15) is 0 Å². The maximum atomic E-state index is 12.3. The number of benzene rings is 1. The number of amides is 2. The first-order chi connectivity index (χ1) is 14.0. The van der Waals surface area contributed by atoms with Crippen LogP contribution in [0.4, 0.5) is 5.69 Å². The summed E-state index contributed by atoms with van der Waals surface area (Å²) in [7, 11) is 1.88. The van der Waals surface area contributed by atoms with Crippen LogP contribution in [0.5, 0.6) is 0 Å². The molecule has 0 aromatic heterocycles. The molecule has 0 aliphatic carbocycles. The molecule has 1 heterocycles. The number of nitrogens with zero attached hydrogens (tertiary/aromatic N) is 1. The summed E-state index contributed by atoms with van der Waals surface area (Å²) >= 11 is 3.91. The molecule has 0 spiro atoms. The Morgan fingerprint density at radius 3 is 2.62 bits per heavy atom. The van der Waals surface area contributed by atoms with Gasteiger partial charge in [-0.1, -0.05) is 24.3 Å². The SMILES string of the molecule is C/C=C(\C=C/NC)C(/C)=C/c1ccc(N2CCCC(C(=O)NC(=O)CS)C2)cc1. The average Bonchev–Trinajstić information content (AvgIpc) is 2.74. The lowest BCUT2D eigenvalue weighted by Gasteiger charge is -2.33. The minimum absolute atomic E-state index is 0.0241. The highest BCUT2D eigenvalue weighted by molar-refractivity contribution is 7.81. The van der Waals surface area contributed by atoms with Crippen LogP contribution in [0.15, 0.2) is 53.8 Å². The van der Waals surface area contributed by atoms with Gasteiger partial charge in [-0.25, -0.2) is 0 Å². The van der Waals surface area contributed by atoms with Crippen molar-refractivity contribution in [2.45, 2.75) is 26.7 Å². The van der Waals surface area contributed by atoms with E-state index in [0.29, 0.717) is 6.54 Å². The molecule has 1 aliphatic heterocycles. The summed E-state index contributed by atoms with van der Waals surface area (Å²) in [6, 6.07) is 8.39. The van der Waals surface area contributed by atoms with Crippen LogP contribution in [0.1, 0.15) is 32.3 Å². The van der Waals surface area contributed by atoms with Crippen molar-refractivity contribution in [3.63, 3.8) is 0 Å². The molecule has 0 bridgehead atoms. The zero-order chi connectivity index (χ0) is 21.2. The predicted octanol–water partition coefficient (Wildman–Crippen LogP) is 3.56. The van der Waals surface area contributed by atoms with Crippen LogP contribution in [0.25, 0.3) is 6.08 Å². The molecule has 1 aromatic rings. The van der Waals surface area contributed by atoms with E-state index >= 15 is 0 Å². The number of carbonyl (C=O) groups is 2. The first kappa shape index (κ1) is 22.8. The highest BCUT2D eigenvalue weighted by Gasteiger charge is 2.26. The van der Waals surface area contributed by atoms with Gasteiger partial charge in [0.15, 0.2) is 0 Å². The third kappa shape index (κ3) is 6.82. The van der Waals surface area contributed by atoms with Crippen LogP contribution in [-0.4, -0.2) is 37.7 Å². The fraction of sp³-hybridized carbons (Fsp3) is 0.391. The Kier molecular flexibility index (Phi) is 9.06. The normalized spacial score (nSPS) is 18.1. The molecule has 29 heavy (non-hydrogen) atoms. The van der Waals surface area contributed by atoms with Gasteiger partial charge in [0.25, 0.3) is 0 Å². The Balaban J connectivity index is 2.05. The van der Waals surface area contributed by atoms with Crippen LogP contribution in [0.3, 0.4) is 0 Å². The molecule has 1 aromatic carbocycles. The van der Waals surface area contributed by atoms with Gasteiger partial charge in [0.2, 0.25) is 11.8 Å². The largest absolute Gasteiger partial charge is 0.394 e. The van der Waals surface area contributed by atoms with Gasteiger partial charge in [-0.3, -0.25) is 14.9 Å². The highest BCUT2D eigenvalue weighted by atomic mass is 32.1. The molecule has 1 aliphatic rings. The predicted molar refractivity (Wildman–Crippen MR) is 124 cm³/mol. The van der Waals surface area contributed by atoms with E-state index < -0.39 is 0 Å². The summed E-state index contributed by atoms with van der Waals surface area (Å²) in [4.78, 5) is 25.9. The Morgan fingerprint density at radius 2 is 2.00 bits per heavy atom. The van der Waals surface area contributed by atoms with Crippen molar-refractivity contribution in [1.29, 1.82) is 0 Å². The molecule has 1 saturated heterocycles. The number of nitrogens with one attached hydrogen (secondary N) is 2. The van der Waals surface area contributed by atoms with Crippen molar-refractivity contribution >= 4 is 36.2 Å². The number of anilines is 1. The second-order valence-corrected chi connectivity index (χ2v) is 7.46. The molecule has 0 saturated carbocycles. The van der Waals surface area contributed by atoms with Crippen LogP contribution < -0.4 is 15.5 Å². The molecule has 5 nitrogen and oxygen atoms in total. The van der Waals surface area contributed by atoms with Crippen molar-refractivity contribution in [3.05, 3.63) is 59.3 Å². The second kappa shape index (κ2) is 11.5. The Labute approximate surface area is 179 Å². The van der Waals surface area contributed by atoms with E-state index in [9.17, 15) is 9.59 Å². The zero-order valence-electron chi connectivity index (χ0n) is 17.4. The summed E-state index contributed by atoms with van der Waals surface area (Å²) in [5, 5.41) is 5.44. The Morgan fingerprint density at radius 1 is 1.28 bits per heavy atom. The average molecular weight is 414 g/mol. The number of rotatable bonds is 7. The lowest BCUT2D eigenvalue weighted by molar-refractivity contribution is -0.131. The summed E-state index contributed by atoms with van der Waals surface area (Å²) in [5.41, 5.74) is 4.59. The fourth-order valence-corrected chi connectivity index (χ4v) is 3.53. The topological polar surface area (TPSA) is 61.4 Å². The van der Waals surface area contributed by atoms with Gasteiger partial charge in [0.05, 0.1) is 11.7 Å². The maximum Gasteiger partial charge on any atom is 0.236 e. The van der Waals surface area contributed by atoms with E-state index in [1.54, 1.807) is 0 Å². The molecular weight excluding hydrogens is 382 g/mol. The minimum atomic E-state index is -0.341. The number of carbonyl (C=O) groups excluding carboxylic acids is 2. The lowest BCUT2D eigenvalue weighted by Crippen LogP contribution is -2.45.